The van der Waals surface area contributed by atoms with Crippen LogP contribution in [-0.2, 0) is 0 Å². The highest BCUT2D eigenvalue weighted by molar-refractivity contribution is 5.65. The van der Waals surface area contributed by atoms with Gasteiger partial charge in [-0.1, -0.05) is 42.5 Å². The molecule has 0 amide bonds. The Bertz CT molecular complexity index is 599. The van der Waals surface area contributed by atoms with E-state index >= 15 is 0 Å². The largest absolute Gasteiger partial charge is 0.394 e. The summed E-state index contributed by atoms with van der Waals surface area (Å²) in [7, 11) is 0. The number of hydrogen-bond donors (Lipinski definition) is 2. The first kappa shape index (κ1) is 14.0. The SMILES string of the molecule is Cc1cccc(NC(CO)c2ccccc2)c1[N+](=O)[O-]. The standard InChI is InChI=1S/C15H16N2O3/c1-11-6-5-9-13(15(11)17(19)20)16-14(10-18)12-7-3-2-4-8-12/h2-9,14,16,18H,10H2,1H3. The number of rotatable bonds is 5. The molecule has 5 nitrogen and oxygen atoms in total. The topological polar surface area (TPSA) is 75.4 Å². The predicted octanol–water partition coefficient (Wildman–Crippen LogP) is 3.05. The number of hydrogen-bond acceptors (Lipinski definition) is 4. The van der Waals surface area contributed by atoms with E-state index in [0.29, 0.717) is 11.3 Å². The third-order valence-electron chi connectivity index (χ3n) is 3.13. The van der Waals surface area contributed by atoms with E-state index in [1.807, 2.05) is 30.3 Å². The molecule has 0 fully saturated rings. The van der Waals surface area contributed by atoms with E-state index in [9.17, 15) is 15.2 Å². The summed E-state index contributed by atoms with van der Waals surface area (Å²) in [5.74, 6) is 0. The zero-order valence-electron chi connectivity index (χ0n) is 11.1. The van der Waals surface area contributed by atoms with Crippen LogP contribution in [0, 0.1) is 17.0 Å². The van der Waals surface area contributed by atoms with Crippen LogP contribution in [0.3, 0.4) is 0 Å². The van der Waals surface area contributed by atoms with Gasteiger partial charge in [0.25, 0.3) is 5.69 Å². The Morgan fingerprint density at radius 2 is 1.90 bits per heavy atom. The normalized spacial score (nSPS) is 11.9. The van der Waals surface area contributed by atoms with Crippen LogP contribution < -0.4 is 5.32 Å². The lowest BCUT2D eigenvalue weighted by Crippen LogP contribution is -2.15. The van der Waals surface area contributed by atoms with E-state index in [1.165, 1.54) is 0 Å². The van der Waals surface area contributed by atoms with E-state index in [2.05, 4.69) is 5.32 Å². The number of aryl methyl sites for hydroxylation is 1. The molecule has 2 N–H and O–H groups in total. The van der Waals surface area contributed by atoms with Gasteiger partial charge in [0, 0.05) is 5.56 Å². The molecule has 0 aliphatic heterocycles. The summed E-state index contributed by atoms with van der Waals surface area (Å²) in [4.78, 5) is 10.7. The van der Waals surface area contributed by atoms with Gasteiger partial charge in [0.05, 0.1) is 17.6 Å². The van der Waals surface area contributed by atoms with E-state index in [4.69, 9.17) is 0 Å². The second-order valence-electron chi connectivity index (χ2n) is 4.52. The molecule has 0 radical (unpaired) electrons. The summed E-state index contributed by atoms with van der Waals surface area (Å²) in [6, 6.07) is 14.1. The van der Waals surface area contributed by atoms with Crippen LogP contribution in [0.5, 0.6) is 0 Å². The van der Waals surface area contributed by atoms with Crippen molar-refractivity contribution < 1.29 is 10.0 Å². The highest BCUT2D eigenvalue weighted by Crippen LogP contribution is 2.30. The van der Waals surface area contributed by atoms with Gasteiger partial charge in [-0.2, -0.15) is 0 Å². The van der Waals surface area contributed by atoms with E-state index < -0.39 is 4.92 Å². The second kappa shape index (κ2) is 6.16. The lowest BCUT2D eigenvalue weighted by Gasteiger charge is -2.18. The monoisotopic (exact) mass is 272 g/mol. The van der Waals surface area contributed by atoms with Crippen LogP contribution in [0.15, 0.2) is 48.5 Å². The van der Waals surface area contributed by atoms with Crippen LogP contribution >= 0.6 is 0 Å². The molecule has 1 atom stereocenters. The highest BCUT2D eigenvalue weighted by atomic mass is 16.6. The summed E-state index contributed by atoms with van der Waals surface area (Å²) < 4.78 is 0. The number of nitro groups is 1. The summed E-state index contributed by atoms with van der Waals surface area (Å²) in [5.41, 5.74) is 1.93. The van der Waals surface area contributed by atoms with Crippen molar-refractivity contribution in [2.75, 3.05) is 11.9 Å². The van der Waals surface area contributed by atoms with E-state index in [0.717, 1.165) is 5.56 Å². The van der Waals surface area contributed by atoms with E-state index in [-0.39, 0.29) is 18.3 Å². The number of nitrogens with zero attached hydrogens (tertiary/aromatic N) is 1. The quantitative estimate of drug-likeness (QED) is 0.648. The molecule has 2 aromatic rings. The molecule has 0 saturated carbocycles. The molecule has 5 heteroatoms. The Kier molecular flexibility index (Phi) is 4.32. The smallest absolute Gasteiger partial charge is 0.295 e. The molecule has 0 heterocycles. The zero-order valence-corrected chi connectivity index (χ0v) is 11.1. The van der Waals surface area contributed by atoms with Crippen molar-refractivity contribution in [3.8, 4) is 0 Å². The van der Waals surface area contributed by atoms with Gasteiger partial charge in [-0.05, 0) is 18.6 Å². The van der Waals surface area contributed by atoms with Gasteiger partial charge in [-0.3, -0.25) is 10.1 Å². The lowest BCUT2D eigenvalue weighted by atomic mass is 10.1. The van der Waals surface area contributed by atoms with Gasteiger partial charge in [0.1, 0.15) is 5.69 Å². The first-order valence-electron chi connectivity index (χ1n) is 6.30. The van der Waals surface area contributed by atoms with Crippen molar-refractivity contribution >= 4 is 11.4 Å². The van der Waals surface area contributed by atoms with Crippen molar-refractivity contribution in [2.45, 2.75) is 13.0 Å². The fourth-order valence-electron chi connectivity index (χ4n) is 2.13. The predicted molar refractivity (Wildman–Crippen MR) is 77.7 cm³/mol. The molecule has 0 aliphatic rings. The number of nitrogens with one attached hydrogen (secondary N) is 1. The number of benzene rings is 2. The third-order valence-corrected chi connectivity index (χ3v) is 3.13. The Balaban J connectivity index is 2.33. The maximum Gasteiger partial charge on any atom is 0.295 e. The number of aliphatic hydroxyl groups excluding tert-OH is 1. The van der Waals surface area contributed by atoms with Gasteiger partial charge in [-0.25, -0.2) is 0 Å². The van der Waals surface area contributed by atoms with Gasteiger partial charge in [0.15, 0.2) is 0 Å². The summed E-state index contributed by atoms with van der Waals surface area (Å²) in [5, 5.41) is 23.7. The lowest BCUT2D eigenvalue weighted by molar-refractivity contribution is -0.384. The van der Waals surface area contributed by atoms with Crippen molar-refractivity contribution in [1.82, 2.24) is 0 Å². The minimum Gasteiger partial charge on any atom is -0.394 e. The fourth-order valence-corrected chi connectivity index (χ4v) is 2.13. The van der Waals surface area contributed by atoms with Gasteiger partial charge in [-0.15, -0.1) is 0 Å². The van der Waals surface area contributed by atoms with Crippen molar-refractivity contribution in [1.29, 1.82) is 0 Å². The number of aliphatic hydroxyl groups is 1. The van der Waals surface area contributed by atoms with Crippen LogP contribution in [-0.4, -0.2) is 16.6 Å². The zero-order chi connectivity index (χ0) is 14.5. The molecule has 0 aliphatic carbocycles. The van der Waals surface area contributed by atoms with Crippen LogP contribution in [0.1, 0.15) is 17.2 Å². The third kappa shape index (κ3) is 2.95. The van der Waals surface area contributed by atoms with E-state index in [1.54, 1.807) is 25.1 Å². The van der Waals surface area contributed by atoms with Crippen molar-refractivity contribution in [3.05, 3.63) is 69.8 Å². The average molecular weight is 272 g/mol. The minimum atomic E-state index is -0.406. The number of anilines is 1. The first-order chi connectivity index (χ1) is 9.63. The molecule has 2 aromatic carbocycles. The molecule has 0 saturated heterocycles. The molecule has 0 bridgehead atoms. The molecule has 1 unspecified atom stereocenters. The Morgan fingerprint density at radius 3 is 2.50 bits per heavy atom. The summed E-state index contributed by atoms with van der Waals surface area (Å²) in [6.45, 7) is 1.55. The first-order valence-corrected chi connectivity index (χ1v) is 6.30. The van der Waals surface area contributed by atoms with Crippen LogP contribution in [0.25, 0.3) is 0 Å². The van der Waals surface area contributed by atoms with Crippen molar-refractivity contribution in [2.24, 2.45) is 0 Å². The van der Waals surface area contributed by atoms with Gasteiger partial charge >= 0.3 is 0 Å². The van der Waals surface area contributed by atoms with Crippen molar-refractivity contribution in [3.63, 3.8) is 0 Å². The molecular formula is C15H16N2O3. The molecule has 0 spiro atoms. The van der Waals surface area contributed by atoms with Gasteiger partial charge in [0.2, 0.25) is 0 Å². The Morgan fingerprint density at radius 1 is 1.20 bits per heavy atom. The number of nitro benzene ring substituents is 1. The van der Waals surface area contributed by atoms with Crippen LogP contribution in [0.4, 0.5) is 11.4 Å². The second-order valence-corrected chi connectivity index (χ2v) is 4.52. The molecular weight excluding hydrogens is 256 g/mol. The molecule has 20 heavy (non-hydrogen) atoms. The highest BCUT2D eigenvalue weighted by Gasteiger charge is 2.19. The van der Waals surface area contributed by atoms with Gasteiger partial charge < -0.3 is 10.4 Å². The van der Waals surface area contributed by atoms with Crippen LogP contribution in [0.2, 0.25) is 0 Å². The summed E-state index contributed by atoms with van der Waals surface area (Å²) in [6.07, 6.45) is 0. The molecule has 0 aromatic heterocycles. The molecule has 104 valence electrons. The number of para-hydroxylation sites is 1. The maximum absolute atomic E-state index is 11.2. The average Bonchev–Trinajstić information content (AvgIpc) is 2.45. The summed E-state index contributed by atoms with van der Waals surface area (Å²) >= 11 is 0. The Hall–Kier alpha value is -2.40. The maximum atomic E-state index is 11.2. The molecule has 2 rings (SSSR count). The minimum absolute atomic E-state index is 0.0434. The Labute approximate surface area is 117 Å². The fraction of sp³-hybridized carbons (Fsp3) is 0.200.